The first kappa shape index (κ1) is 21.8. The minimum Gasteiger partial charge on any atom is -0.497 e. The molecule has 6 nitrogen and oxygen atoms in total. The molecular formula is C24H30N2O4. The Morgan fingerprint density at radius 3 is 2.37 bits per heavy atom. The van der Waals surface area contributed by atoms with Gasteiger partial charge in [-0.3, -0.25) is 14.5 Å². The summed E-state index contributed by atoms with van der Waals surface area (Å²) in [5.74, 6) is 1.53. The molecular weight excluding hydrogens is 380 g/mol. The predicted molar refractivity (Wildman–Crippen MR) is 116 cm³/mol. The van der Waals surface area contributed by atoms with Crippen molar-refractivity contribution in [3.05, 3.63) is 59.2 Å². The number of ketones is 1. The highest BCUT2D eigenvalue weighted by Gasteiger charge is 2.25. The molecule has 30 heavy (non-hydrogen) atoms. The molecule has 1 aliphatic heterocycles. The van der Waals surface area contributed by atoms with Gasteiger partial charge in [-0.15, -0.1) is 0 Å². The lowest BCUT2D eigenvalue weighted by Crippen LogP contribution is -2.49. The Balaban J connectivity index is 1.61. The fourth-order valence-corrected chi connectivity index (χ4v) is 3.88. The van der Waals surface area contributed by atoms with E-state index in [9.17, 15) is 9.59 Å². The second-order valence-corrected chi connectivity index (χ2v) is 7.63. The van der Waals surface area contributed by atoms with Crippen LogP contribution in [0.1, 0.15) is 41.4 Å². The first-order valence-electron chi connectivity index (χ1n) is 10.3. The van der Waals surface area contributed by atoms with Gasteiger partial charge in [-0.1, -0.05) is 12.1 Å². The standard InChI is InChI=1S/C24H30N2O4/c1-17(19-6-5-7-22(15-19)29-3)25-10-12-26(13-11-25)24(28)16-21-14-20(18(2)27)8-9-23(21)30-4/h5-9,14-15,17H,10-13,16H2,1-4H3. The molecule has 0 N–H and O–H groups in total. The molecule has 0 spiro atoms. The van der Waals surface area contributed by atoms with Crippen molar-refractivity contribution in [2.24, 2.45) is 0 Å². The molecule has 1 unspecified atom stereocenters. The number of nitrogens with zero attached hydrogens (tertiary/aromatic N) is 2. The maximum absolute atomic E-state index is 12.9. The summed E-state index contributed by atoms with van der Waals surface area (Å²) in [5.41, 5.74) is 2.55. The molecule has 3 rings (SSSR count). The lowest BCUT2D eigenvalue weighted by atomic mass is 10.0. The Morgan fingerprint density at radius 2 is 1.73 bits per heavy atom. The van der Waals surface area contributed by atoms with E-state index in [1.54, 1.807) is 32.4 Å². The Bertz CT molecular complexity index is 904. The summed E-state index contributed by atoms with van der Waals surface area (Å²) >= 11 is 0. The fraction of sp³-hybridized carbons (Fsp3) is 0.417. The van der Waals surface area contributed by atoms with E-state index in [-0.39, 0.29) is 24.2 Å². The Hall–Kier alpha value is -2.86. The Morgan fingerprint density at radius 1 is 1.00 bits per heavy atom. The van der Waals surface area contributed by atoms with Crippen LogP contribution in [0.4, 0.5) is 0 Å². The highest BCUT2D eigenvalue weighted by atomic mass is 16.5. The molecule has 160 valence electrons. The van der Waals surface area contributed by atoms with Gasteiger partial charge < -0.3 is 14.4 Å². The highest BCUT2D eigenvalue weighted by Crippen LogP contribution is 2.26. The van der Waals surface area contributed by atoms with Crippen molar-refractivity contribution < 1.29 is 19.1 Å². The van der Waals surface area contributed by atoms with Crippen LogP contribution in [0.5, 0.6) is 11.5 Å². The Kier molecular flexibility index (Phi) is 7.11. The molecule has 1 saturated heterocycles. The van der Waals surface area contributed by atoms with Gasteiger partial charge in [-0.25, -0.2) is 0 Å². The van der Waals surface area contributed by atoms with E-state index in [2.05, 4.69) is 24.0 Å². The third-order valence-corrected chi connectivity index (χ3v) is 5.82. The van der Waals surface area contributed by atoms with Crippen molar-refractivity contribution in [1.29, 1.82) is 0 Å². The zero-order valence-corrected chi connectivity index (χ0v) is 18.2. The number of methoxy groups -OCH3 is 2. The zero-order chi connectivity index (χ0) is 21.7. The lowest BCUT2D eigenvalue weighted by Gasteiger charge is -2.38. The molecule has 1 fully saturated rings. The molecule has 1 heterocycles. The molecule has 0 aliphatic carbocycles. The van der Waals surface area contributed by atoms with Gasteiger partial charge in [0.2, 0.25) is 5.91 Å². The van der Waals surface area contributed by atoms with Crippen molar-refractivity contribution in [3.8, 4) is 11.5 Å². The highest BCUT2D eigenvalue weighted by molar-refractivity contribution is 5.94. The average molecular weight is 411 g/mol. The molecule has 6 heteroatoms. The first-order valence-corrected chi connectivity index (χ1v) is 10.3. The van der Waals surface area contributed by atoms with Crippen molar-refractivity contribution >= 4 is 11.7 Å². The van der Waals surface area contributed by atoms with Crippen LogP contribution in [0, 0.1) is 0 Å². The number of rotatable bonds is 7. The fourth-order valence-electron chi connectivity index (χ4n) is 3.88. The van der Waals surface area contributed by atoms with Crippen LogP contribution in [0.2, 0.25) is 0 Å². The monoisotopic (exact) mass is 410 g/mol. The van der Waals surface area contributed by atoms with Crippen LogP contribution < -0.4 is 9.47 Å². The quantitative estimate of drug-likeness (QED) is 0.655. The number of piperazine rings is 1. The number of ether oxygens (including phenoxy) is 2. The van der Waals surface area contributed by atoms with Gasteiger partial charge in [0.05, 0.1) is 20.6 Å². The summed E-state index contributed by atoms with van der Waals surface area (Å²) in [6.07, 6.45) is 0.232. The van der Waals surface area contributed by atoms with Gasteiger partial charge in [0.1, 0.15) is 11.5 Å². The molecule has 1 aliphatic rings. The number of benzene rings is 2. The minimum absolute atomic E-state index is 0.0218. The van der Waals surface area contributed by atoms with Crippen molar-refractivity contribution in [3.63, 3.8) is 0 Å². The van der Waals surface area contributed by atoms with Crippen LogP contribution in [0.3, 0.4) is 0 Å². The maximum atomic E-state index is 12.9. The lowest BCUT2D eigenvalue weighted by molar-refractivity contribution is -0.132. The van der Waals surface area contributed by atoms with Gasteiger partial charge in [0, 0.05) is 43.3 Å². The SMILES string of the molecule is COc1cccc(C(C)N2CCN(C(=O)Cc3cc(C(C)=O)ccc3OC)CC2)c1. The second kappa shape index (κ2) is 9.76. The molecule has 1 amide bonds. The molecule has 0 saturated carbocycles. The number of carbonyl (C=O) groups excluding carboxylic acids is 2. The van der Waals surface area contributed by atoms with Gasteiger partial charge in [-0.2, -0.15) is 0 Å². The van der Waals surface area contributed by atoms with Crippen molar-refractivity contribution in [1.82, 2.24) is 9.80 Å². The average Bonchev–Trinajstić information content (AvgIpc) is 2.78. The molecule has 0 radical (unpaired) electrons. The molecule has 1 atom stereocenters. The summed E-state index contributed by atoms with van der Waals surface area (Å²) in [7, 11) is 3.25. The van der Waals surface area contributed by atoms with Gasteiger partial charge in [0.25, 0.3) is 0 Å². The normalized spacial score (nSPS) is 15.5. The largest absolute Gasteiger partial charge is 0.497 e. The topological polar surface area (TPSA) is 59.1 Å². The third-order valence-electron chi connectivity index (χ3n) is 5.82. The maximum Gasteiger partial charge on any atom is 0.227 e. The van der Waals surface area contributed by atoms with Crippen LogP contribution in [0.25, 0.3) is 0 Å². The van der Waals surface area contributed by atoms with E-state index in [0.29, 0.717) is 24.4 Å². The molecule has 0 bridgehead atoms. The number of Topliss-reactive ketones (excluding diaryl/α,β-unsaturated/α-hetero) is 1. The summed E-state index contributed by atoms with van der Waals surface area (Å²) in [4.78, 5) is 28.9. The predicted octanol–water partition coefficient (Wildman–Crippen LogP) is 3.35. The zero-order valence-electron chi connectivity index (χ0n) is 18.2. The van der Waals surface area contributed by atoms with E-state index < -0.39 is 0 Å². The summed E-state index contributed by atoms with van der Waals surface area (Å²) in [6, 6.07) is 13.6. The van der Waals surface area contributed by atoms with Crippen molar-refractivity contribution in [2.75, 3.05) is 40.4 Å². The van der Waals surface area contributed by atoms with Crippen LogP contribution >= 0.6 is 0 Å². The molecule has 2 aromatic carbocycles. The summed E-state index contributed by atoms with van der Waals surface area (Å²) in [5, 5.41) is 0. The number of carbonyl (C=O) groups is 2. The number of hydrogen-bond donors (Lipinski definition) is 0. The van der Waals surface area contributed by atoms with E-state index >= 15 is 0 Å². The summed E-state index contributed by atoms with van der Waals surface area (Å²) in [6.45, 7) is 6.70. The first-order chi connectivity index (χ1) is 14.4. The van der Waals surface area contributed by atoms with E-state index in [1.165, 1.54) is 12.5 Å². The number of amides is 1. The van der Waals surface area contributed by atoms with E-state index in [4.69, 9.17) is 9.47 Å². The van der Waals surface area contributed by atoms with Gasteiger partial charge >= 0.3 is 0 Å². The van der Waals surface area contributed by atoms with Crippen LogP contribution in [-0.2, 0) is 11.2 Å². The van der Waals surface area contributed by atoms with Gasteiger partial charge in [0.15, 0.2) is 5.78 Å². The molecule has 0 aromatic heterocycles. The minimum atomic E-state index is -0.0218. The smallest absolute Gasteiger partial charge is 0.227 e. The second-order valence-electron chi connectivity index (χ2n) is 7.63. The summed E-state index contributed by atoms with van der Waals surface area (Å²) < 4.78 is 10.7. The van der Waals surface area contributed by atoms with Crippen LogP contribution in [0.15, 0.2) is 42.5 Å². The molecule has 2 aromatic rings. The van der Waals surface area contributed by atoms with Crippen LogP contribution in [-0.4, -0.2) is 61.9 Å². The number of hydrogen-bond acceptors (Lipinski definition) is 5. The van der Waals surface area contributed by atoms with E-state index in [0.717, 1.165) is 24.4 Å². The third kappa shape index (κ3) is 5.00. The van der Waals surface area contributed by atoms with Crippen molar-refractivity contribution in [2.45, 2.75) is 26.3 Å². The van der Waals surface area contributed by atoms with Gasteiger partial charge in [-0.05, 0) is 49.7 Å². The van der Waals surface area contributed by atoms with E-state index in [1.807, 2.05) is 17.0 Å². The Labute approximate surface area is 178 Å².